The van der Waals surface area contributed by atoms with Crippen LogP contribution >= 0.6 is 0 Å². The second-order valence-corrected chi connectivity index (χ2v) is 4.94. The third-order valence-electron chi connectivity index (χ3n) is 2.46. The summed E-state index contributed by atoms with van der Waals surface area (Å²) >= 11 is 0. The van der Waals surface area contributed by atoms with Crippen molar-refractivity contribution in [3.8, 4) is 0 Å². The van der Waals surface area contributed by atoms with E-state index in [0.29, 0.717) is 0 Å². The predicted molar refractivity (Wildman–Crippen MR) is 61.2 cm³/mol. The second kappa shape index (κ2) is 4.62. The van der Waals surface area contributed by atoms with Crippen LogP contribution in [0.5, 0.6) is 0 Å². The number of nitrogens with zero attached hydrogens (tertiary/aromatic N) is 2. The molecular weight excluding hydrogens is 224 g/mol. The lowest BCUT2D eigenvalue weighted by Crippen LogP contribution is -2.47. The Balaban J connectivity index is 2.93. The quantitative estimate of drug-likeness (QED) is 0.668. The molecule has 0 saturated carbocycles. The average Bonchev–Trinajstić information content (AvgIpc) is 2.51. The molecule has 0 aromatic rings. The zero-order chi connectivity index (χ0) is 13.4. The Kier molecular flexibility index (Phi) is 3.78. The van der Waals surface area contributed by atoms with Crippen molar-refractivity contribution in [3.63, 3.8) is 0 Å². The van der Waals surface area contributed by atoms with Gasteiger partial charge in [0.1, 0.15) is 0 Å². The summed E-state index contributed by atoms with van der Waals surface area (Å²) in [4.78, 5) is 26.6. The number of hydrogen-bond acceptors (Lipinski definition) is 4. The fourth-order valence-electron chi connectivity index (χ4n) is 1.63. The number of carbonyl (C=O) groups excluding carboxylic acids is 2. The van der Waals surface area contributed by atoms with Gasteiger partial charge in [0.25, 0.3) is 11.8 Å². The molecule has 6 heteroatoms. The molecule has 1 fully saturated rings. The Labute approximate surface area is 101 Å². The molecule has 0 unspecified atom stereocenters. The minimum Gasteiger partial charge on any atom is -0.346 e. The zero-order valence-corrected chi connectivity index (χ0v) is 11.2. The third-order valence-corrected chi connectivity index (χ3v) is 2.46. The molecule has 1 aliphatic heterocycles. The van der Waals surface area contributed by atoms with Crippen LogP contribution in [0, 0.1) is 0 Å². The van der Waals surface area contributed by atoms with E-state index in [1.54, 1.807) is 42.0 Å². The van der Waals surface area contributed by atoms with Gasteiger partial charge in [-0.1, -0.05) is 0 Å². The standard InChI is InChI=1S/C11H20N2O4/c1-11(2)16-7(9(14)12(3)4)8(17-11)10(15)13(5)6/h7-8H,1-6H3/t7-,8+. The molecule has 1 saturated heterocycles. The minimum absolute atomic E-state index is 0.268. The first kappa shape index (κ1) is 13.9. The Morgan fingerprint density at radius 2 is 1.18 bits per heavy atom. The maximum absolute atomic E-state index is 11.9. The van der Waals surface area contributed by atoms with Crippen LogP contribution in [-0.2, 0) is 19.1 Å². The number of amides is 2. The van der Waals surface area contributed by atoms with E-state index in [-0.39, 0.29) is 11.8 Å². The van der Waals surface area contributed by atoms with Gasteiger partial charge >= 0.3 is 0 Å². The average molecular weight is 244 g/mol. The summed E-state index contributed by atoms with van der Waals surface area (Å²) in [6.45, 7) is 3.37. The molecule has 0 spiro atoms. The highest BCUT2D eigenvalue weighted by Gasteiger charge is 2.49. The predicted octanol–water partition coefficient (Wildman–Crippen LogP) is -0.317. The van der Waals surface area contributed by atoms with Crippen molar-refractivity contribution in [2.75, 3.05) is 28.2 Å². The van der Waals surface area contributed by atoms with Crippen molar-refractivity contribution < 1.29 is 19.1 Å². The molecule has 1 aliphatic rings. The van der Waals surface area contributed by atoms with E-state index in [1.165, 1.54) is 9.80 Å². The Hall–Kier alpha value is -1.14. The van der Waals surface area contributed by atoms with Crippen LogP contribution in [0.2, 0.25) is 0 Å². The summed E-state index contributed by atoms with van der Waals surface area (Å²) in [6, 6.07) is 0. The molecule has 0 aliphatic carbocycles. The summed E-state index contributed by atoms with van der Waals surface area (Å²) in [6.07, 6.45) is -1.76. The maximum Gasteiger partial charge on any atom is 0.254 e. The summed E-state index contributed by atoms with van der Waals surface area (Å²) < 4.78 is 11.0. The van der Waals surface area contributed by atoms with Gasteiger partial charge in [-0.15, -0.1) is 0 Å². The molecular formula is C11H20N2O4. The van der Waals surface area contributed by atoms with E-state index in [4.69, 9.17) is 9.47 Å². The number of hydrogen-bond donors (Lipinski definition) is 0. The zero-order valence-electron chi connectivity index (χ0n) is 11.2. The van der Waals surface area contributed by atoms with E-state index in [2.05, 4.69) is 0 Å². The van der Waals surface area contributed by atoms with Crippen molar-refractivity contribution in [1.82, 2.24) is 9.80 Å². The molecule has 1 heterocycles. The maximum atomic E-state index is 11.9. The molecule has 2 atom stereocenters. The van der Waals surface area contributed by atoms with E-state index in [1.807, 2.05) is 0 Å². The summed E-state index contributed by atoms with van der Waals surface area (Å²) in [5.74, 6) is -1.46. The summed E-state index contributed by atoms with van der Waals surface area (Å²) in [5.41, 5.74) is 0. The number of carbonyl (C=O) groups is 2. The lowest BCUT2D eigenvalue weighted by molar-refractivity contribution is -0.163. The molecule has 1 rings (SSSR count). The van der Waals surface area contributed by atoms with E-state index in [0.717, 1.165) is 0 Å². The lowest BCUT2D eigenvalue weighted by atomic mass is 10.1. The van der Waals surface area contributed by atoms with Gasteiger partial charge in [0.05, 0.1) is 0 Å². The highest BCUT2D eigenvalue weighted by Crippen LogP contribution is 2.29. The fourth-order valence-corrected chi connectivity index (χ4v) is 1.63. The first-order valence-corrected chi connectivity index (χ1v) is 5.43. The molecule has 0 bridgehead atoms. The van der Waals surface area contributed by atoms with Gasteiger partial charge in [0.15, 0.2) is 18.0 Å². The van der Waals surface area contributed by atoms with Crippen LogP contribution in [0.3, 0.4) is 0 Å². The molecule has 6 nitrogen and oxygen atoms in total. The first-order chi connectivity index (χ1) is 7.65. The van der Waals surface area contributed by atoms with Crippen molar-refractivity contribution in [1.29, 1.82) is 0 Å². The SMILES string of the molecule is CN(C)C(=O)[C@H]1OC(C)(C)O[C@H]1C(=O)N(C)C. The topological polar surface area (TPSA) is 59.1 Å². The largest absolute Gasteiger partial charge is 0.346 e. The van der Waals surface area contributed by atoms with E-state index < -0.39 is 18.0 Å². The van der Waals surface area contributed by atoms with Crippen molar-refractivity contribution in [2.45, 2.75) is 31.8 Å². The molecule has 2 amide bonds. The number of ether oxygens (including phenoxy) is 2. The highest BCUT2D eigenvalue weighted by molar-refractivity contribution is 5.91. The van der Waals surface area contributed by atoms with Gasteiger partial charge in [-0.2, -0.15) is 0 Å². The van der Waals surface area contributed by atoms with Crippen molar-refractivity contribution >= 4 is 11.8 Å². The highest BCUT2D eigenvalue weighted by atomic mass is 16.8. The van der Waals surface area contributed by atoms with Gasteiger partial charge in [-0.05, 0) is 13.8 Å². The second-order valence-electron chi connectivity index (χ2n) is 4.94. The Morgan fingerprint density at radius 1 is 0.882 bits per heavy atom. The summed E-state index contributed by atoms with van der Waals surface area (Å²) in [5, 5.41) is 0. The normalized spacial score (nSPS) is 26.7. The molecule has 0 aromatic heterocycles. The smallest absolute Gasteiger partial charge is 0.254 e. The van der Waals surface area contributed by atoms with Crippen LogP contribution in [-0.4, -0.2) is 67.8 Å². The van der Waals surface area contributed by atoms with Gasteiger partial charge in [-0.25, -0.2) is 0 Å². The van der Waals surface area contributed by atoms with Gasteiger partial charge in [0.2, 0.25) is 0 Å². The first-order valence-electron chi connectivity index (χ1n) is 5.43. The van der Waals surface area contributed by atoms with Crippen LogP contribution in [0.1, 0.15) is 13.8 Å². The molecule has 0 radical (unpaired) electrons. The fraction of sp³-hybridized carbons (Fsp3) is 0.818. The molecule has 98 valence electrons. The number of likely N-dealkylation sites (N-methyl/N-ethyl adjacent to an activating group) is 2. The van der Waals surface area contributed by atoms with E-state index in [9.17, 15) is 9.59 Å². The van der Waals surface area contributed by atoms with Gasteiger partial charge in [0, 0.05) is 28.2 Å². The van der Waals surface area contributed by atoms with Crippen LogP contribution in [0.25, 0.3) is 0 Å². The molecule has 0 aromatic carbocycles. The lowest BCUT2D eigenvalue weighted by Gasteiger charge is -2.21. The molecule has 0 N–H and O–H groups in total. The summed E-state index contributed by atoms with van der Waals surface area (Å²) in [7, 11) is 6.48. The van der Waals surface area contributed by atoms with Crippen LogP contribution in [0.4, 0.5) is 0 Å². The molecule has 17 heavy (non-hydrogen) atoms. The van der Waals surface area contributed by atoms with Crippen LogP contribution in [0.15, 0.2) is 0 Å². The van der Waals surface area contributed by atoms with Crippen molar-refractivity contribution in [2.24, 2.45) is 0 Å². The van der Waals surface area contributed by atoms with Crippen LogP contribution < -0.4 is 0 Å². The van der Waals surface area contributed by atoms with E-state index >= 15 is 0 Å². The Morgan fingerprint density at radius 3 is 1.41 bits per heavy atom. The van der Waals surface area contributed by atoms with Crippen molar-refractivity contribution in [3.05, 3.63) is 0 Å². The van der Waals surface area contributed by atoms with Gasteiger partial charge in [-0.3, -0.25) is 9.59 Å². The van der Waals surface area contributed by atoms with Gasteiger partial charge < -0.3 is 19.3 Å². The minimum atomic E-state index is -0.924. The number of rotatable bonds is 2. The monoisotopic (exact) mass is 244 g/mol. The Bertz CT molecular complexity index is 295. The third kappa shape index (κ3) is 2.95.